The highest BCUT2D eigenvalue weighted by atomic mass is 32.2. The highest BCUT2D eigenvalue weighted by Gasteiger charge is 2.43. The van der Waals surface area contributed by atoms with Crippen LogP contribution in [-0.2, 0) is 24.3 Å². The average Bonchev–Trinajstić information content (AvgIpc) is 2.83. The predicted molar refractivity (Wildman–Crippen MR) is 127 cm³/mol. The second-order valence-corrected chi connectivity index (χ2v) is 11.4. The number of hydrogen-bond donors (Lipinski definition) is 2. The lowest BCUT2D eigenvalue weighted by Gasteiger charge is -2.43. The van der Waals surface area contributed by atoms with E-state index in [-0.39, 0.29) is 43.1 Å². The molecule has 0 radical (unpaired) electrons. The van der Waals surface area contributed by atoms with Gasteiger partial charge in [0, 0.05) is 19.6 Å². The van der Waals surface area contributed by atoms with Crippen molar-refractivity contribution in [1.82, 2.24) is 14.5 Å². The molecule has 0 saturated carbocycles. The van der Waals surface area contributed by atoms with Crippen LogP contribution >= 0.6 is 0 Å². The first-order chi connectivity index (χ1) is 16.4. The summed E-state index contributed by atoms with van der Waals surface area (Å²) in [5, 5.41) is 13.3. The number of β-amino-alcohol motifs (C(OH)–C–C–N with tert-alkyl or cyclic N) is 1. The number of hydrogen-bond acceptors (Lipinski definition) is 7. The van der Waals surface area contributed by atoms with Gasteiger partial charge in [-0.2, -0.15) is 4.31 Å². The van der Waals surface area contributed by atoms with Gasteiger partial charge in [0.1, 0.15) is 0 Å². The summed E-state index contributed by atoms with van der Waals surface area (Å²) in [4.78, 5) is 15.1. The zero-order valence-corrected chi connectivity index (χ0v) is 20.5. The van der Waals surface area contributed by atoms with E-state index in [1.807, 2.05) is 0 Å². The van der Waals surface area contributed by atoms with Crippen molar-refractivity contribution in [2.45, 2.75) is 67.8 Å². The van der Waals surface area contributed by atoms with E-state index in [2.05, 4.69) is 10.2 Å². The van der Waals surface area contributed by atoms with Gasteiger partial charge in [0.2, 0.25) is 15.9 Å². The smallest absolute Gasteiger partial charge is 0.243 e. The van der Waals surface area contributed by atoms with Crippen molar-refractivity contribution < 1.29 is 27.8 Å². The first-order valence-corrected chi connectivity index (χ1v) is 13.8. The zero-order valence-electron chi connectivity index (χ0n) is 19.7. The number of carbonyl (C=O) groups excluding carboxylic acids is 1. The van der Waals surface area contributed by atoms with Gasteiger partial charge in [0.25, 0.3) is 0 Å². The fourth-order valence-electron chi connectivity index (χ4n) is 5.11. The number of nitrogens with zero attached hydrogens (tertiary/aromatic N) is 2. The molecule has 4 rings (SSSR count). The average molecular weight is 496 g/mol. The largest absolute Gasteiger partial charge is 0.389 e. The van der Waals surface area contributed by atoms with Crippen LogP contribution in [0.5, 0.6) is 0 Å². The van der Waals surface area contributed by atoms with Crippen LogP contribution in [0.25, 0.3) is 0 Å². The van der Waals surface area contributed by atoms with Crippen molar-refractivity contribution in [1.29, 1.82) is 0 Å². The number of piperidine rings is 1. The molecular formula is C24H37N3O6S. The third-order valence-corrected chi connectivity index (χ3v) is 8.80. The topological polar surface area (TPSA) is 108 Å². The van der Waals surface area contributed by atoms with E-state index >= 15 is 0 Å². The summed E-state index contributed by atoms with van der Waals surface area (Å²) in [5.41, 5.74) is 0. The highest BCUT2D eigenvalue weighted by Crippen LogP contribution is 2.31. The zero-order chi connectivity index (χ0) is 24.0. The number of aliphatic hydroxyl groups is 1. The van der Waals surface area contributed by atoms with Gasteiger partial charge in [-0.15, -0.1) is 0 Å². The van der Waals surface area contributed by atoms with Gasteiger partial charge < -0.3 is 24.8 Å². The molecule has 0 bridgehead atoms. The van der Waals surface area contributed by atoms with E-state index in [0.717, 1.165) is 19.6 Å². The Labute approximate surface area is 202 Å². The van der Waals surface area contributed by atoms with Gasteiger partial charge in [-0.3, -0.25) is 4.79 Å². The van der Waals surface area contributed by atoms with Crippen molar-refractivity contribution in [3.8, 4) is 0 Å². The number of carbonyl (C=O) groups is 1. The van der Waals surface area contributed by atoms with Gasteiger partial charge in [-0.05, 0) is 50.9 Å². The Bertz CT molecular complexity index is 893. The fraction of sp³-hybridized carbons (Fsp3) is 0.708. The highest BCUT2D eigenvalue weighted by molar-refractivity contribution is 7.89. The lowest BCUT2D eigenvalue weighted by molar-refractivity contribution is -0.146. The monoisotopic (exact) mass is 495 g/mol. The number of nitrogens with one attached hydrogen (secondary N) is 1. The molecule has 0 spiro atoms. The summed E-state index contributed by atoms with van der Waals surface area (Å²) in [6, 6.07) is 7.80. The standard InChI is InChI=1S/C24H37N3O6S/c28-19-16-27(34(30,31)21-7-3-1-4-8-21)22-10-9-20(33-23(22)18-32-17-19)15-24(29)25-11-14-26-12-5-2-6-13-26/h1,3-4,7-8,19-20,22-23,28H,2,5-6,9-18H2,(H,25,29)/t19-,20-,22-,23+/m0/s1. The van der Waals surface area contributed by atoms with Gasteiger partial charge in [0.05, 0.1) is 48.9 Å². The number of fused-ring (bicyclic) bond motifs is 1. The van der Waals surface area contributed by atoms with Gasteiger partial charge in [-0.1, -0.05) is 24.6 Å². The van der Waals surface area contributed by atoms with Crippen LogP contribution in [0.15, 0.2) is 35.2 Å². The minimum Gasteiger partial charge on any atom is -0.389 e. The Morgan fingerprint density at radius 2 is 1.85 bits per heavy atom. The van der Waals surface area contributed by atoms with E-state index in [1.165, 1.54) is 23.6 Å². The second kappa shape index (κ2) is 11.9. The fourth-order valence-corrected chi connectivity index (χ4v) is 6.85. The molecule has 3 heterocycles. The Balaban J connectivity index is 1.35. The number of benzene rings is 1. The van der Waals surface area contributed by atoms with Gasteiger partial charge >= 0.3 is 0 Å². The van der Waals surface area contributed by atoms with E-state index in [0.29, 0.717) is 19.4 Å². The maximum absolute atomic E-state index is 13.4. The lowest BCUT2D eigenvalue weighted by atomic mass is 9.96. The second-order valence-electron chi connectivity index (χ2n) is 9.48. The van der Waals surface area contributed by atoms with E-state index in [9.17, 15) is 18.3 Å². The Morgan fingerprint density at radius 1 is 1.09 bits per heavy atom. The van der Waals surface area contributed by atoms with Crippen molar-refractivity contribution in [2.24, 2.45) is 0 Å². The third kappa shape index (κ3) is 6.56. The summed E-state index contributed by atoms with van der Waals surface area (Å²) < 4.78 is 40.0. The Hall–Kier alpha value is -1.56. The Kier molecular flexibility index (Phi) is 8.95. The molecular weight excluding hydrogens is 458 g/mol. The molecule has 1 aromatic carbocycles. The molecule has 2 N–H and O–H groups in total. The third-order valence-electron chi connectivity index (χ3n) is 6.90. The molecule has 10 heteroatoms. The Morgan fingerprint density at radius 3 is 2.62 bits per heavy atom. The van der Waals surface area contributed by atoms with Crippen LogP contribution in [0, 0.1) is 0 Å². The van der Waals surface area contributed by atoms with E-state index < -0.39 is 28.3 Å². The number of amides is 1. The summed E-state index contributed by atoms with van der Waals surface area (Å²) in [6.45, 7) is 3.85. The molecule has 0 aliphatic carbocycles. The number of sulfonamides is 1. The van der Waals surface area contributed by atoms with Crippen LogP contribution in [0.4, 0.5) is 0 Å². The summed E-state index contributed by atoms with van der Waals surface area (Å²) >= 11 is 0. The normalized spacial score (nSPS) is 29.6. The molecule has 34 heavy (non-hydrogen) atoms. The van der Waals surface area contributed by atoms with Crippen molar-refractivity contribution in [3.05, 3.63) is 30.3 Å². The van der Waals surface area contributed by atoms with E-state index in [4.69, 9.17) is 9.47 Å². The summed E-state index contributed by atoms with van der Waals surface area (Å²) in [5.74, 6) is -0.0450. The lowest BCUT2D eigenvalue weighted by Crippen LogP contribution is -2.57. The molecule has 3 fully saturated rings. The van der Waals surface area contributed by atoms with Crippen LogP contribution < -0.4 is 5.32 Å². The maximum Gasteiger partial charge on any atom is 0.243 e. The summed E-state index contributed by atoms with van der Waals surface area (Å²) in [7, 11) is -3.81. The maximum atomic E-state index is 13.4. The first-order valence-electron chi connectivity index (χ1n) is 12.4. The molecule has 3 aliphatic heterocycles. The van der Waals surface area contributed by atoms with Crippen molar-refractivity contribution in [3.63, 3.8) is 0 Å². The van der Waals surface area contributed by atoms with Crippen molar-refractivity contribution >= 4 is 15.9 Å². The number of ether oxygens (including phenoxy) is 2. The van der Waals surface area contributed by atoms with E-state index in [1.54, 1.807) is 30.3 Å². The molecule has 0 unspecified atom stereocenters. The first kappa shape index (κ1) is 25.5. The number of rotatable bonds is 7. The molecule has 9 nitrogen and oxygen atoms in total. The summed E-state index contributed by atoms with van der Waals surface area (Å²) in [6.07, 6.45) is 3.40. The molecule has 1 amide bonds. The number of aliphatic hydroxyl groups excluding tert-OH is 1. The molecule has 4 atom stereocenters. The molecule has 3 saturated heterocycles. The quantitative estimate of drug-likeness (QED) is 0.580. The van der Waals surface area contributed by atoms with Crippen LogP contribution in [0.2, 0.25) is 0 Å². The predicted octanol–water partition coefficient (Wildman–Crippen LogP) is 0.977. The van der Waals surface area contributed by atoms with Crippen LogP contribution in [-0.4, -0.2) is 98.9 Å². The van der Waals surface area contributed by atoms with Crippen LogP contribution in [0.1, 0.15) is 38.5 Å². The SMILES string of the molecule is O=C(C[C@@H]1CC[C@H]2[C@@H](COC[C@@H](O)CN2S(=O)(=O)c2ccccc2)O1)NCCN1CCCCC1. The number of likely N-dealkylation sites (tertiary alicyclic amines) is 1. The van der Waals surface area contributed by atoms with Gasteiger partial charge in [-0.25, -0.2) is 8.42 Å². The minimum atomic E-state index is -3.81. The van der Waals surface area contributed by atoms with Crippen LogP contribution in [0.3, 0.4) is 0 Å². The van der Waals surface area contributed by atoms with Crippen molar-refractivity contribution in [2.75, 3.05) is 45.9 Å². The molecule has 0 aromatic heterocycles. The van der Waals surface area contributed by atoms with Gasteiger partial charge in [0.15, 0.2) is 0 Å². The molecule has 3 aliphatic rings. The molecule has 1 aromatic rings. The molecule has 190 valence electrons. The minimum absolute atomic E-state index is 0.0367.